The van der Waals surface area contributed by atoms with E-state index in [2.05, 4.69) is 4.98 Å². The molecule has 7 heteroatoms. The Hall–Kier alpha value is -1.46. The highest BCUT2D eigenvalue weighted by atomic mass is 35.5. The van der Waals surface area contributed by atoms with Gasteiger partial charge in [0.15, 0.2) is 11.5 Å². The minimum Gasteiger partial charge on any atom is -0.427 e. The highest BCUT2D eigenvalue weighted by Gasteiger charge is 2.20. The number of carbonyl (C=O) groups excluding carboxylic acids is 1. The van der Waals surface area contributed by atoms with Crippen LogP contribution in [-0.2, 0) is 0 Å². The maximum atomic E-state index is 13.0. The Morgan fingerprint density at radius 3 is 2.35 bits per heavy atom. The van der Waals surface area contributed by atoms with Gasteiger partial charge in [-0.25, -0.2) is 8.78 Å². The summed E-state index contributed by atoms with van der Waals surface area (Å²) >= 11 is 10.7. The number of carbonyl (C=O) groups is 1. The Balaban J connectivity index is 2.63. The third-order valence-corrected chi connectivity index (χ3v) is 2.25. The number of hydrogen-bond acceptors (Lipinski definition) is 3. The lowest BCUT2D eigenvalue weighted by molar-refractivity contribution is 0.107. The summed E-state index contributed by atoms with van der Waals surface area (Å²) in [6, 6.07) is 2.64. The lowest BCUT2D eigenvalue weighted by Crippen LogP contribution is -1.93. The van der Waals surface area contributed by atoms with Gasteiger partial charge in [0, 0.05) is 11.6 Å². The van der Waals surface area contributed by atoms with Crippen LogP contribution < -0.4 is 0 Å². The minimum atomic E-state index is -0.930. The molecule has 0 saturated carbocycles. The van der Waals surface area contributed by atoms with Crippen LogP contribution in [0, 0.1) is 11.6 Å². The maximum Gasteiger partial charge on any atom is 0.293 e. The van der Waals surface area contributed by atoms with E-state index in [-0.39, 0.29) is 22.4 Å². The molecule has 0 fully saturated rings. The van der Waals surface area contributed by atoms with Gasteiger partial charge in [-0.05, 0) is 35.3 Å². The molecular weight excluding hydrogens is 275 g/mol. The van der Waals surface area contributed by atoms with Crippen LogP contribution in [0.2, 0.25) is 5.35 Å². The van der Waals surface area contributed by atoms with Gasteiger partial charge in [0.25, 0.3) is 10.6 Å². The molecule has 2 rings (SSSR count). The van der Waals surface area contributed by atoms with Crippen LogP contribution in [-0.4, -0.2) is 10.2 Å². The Morgan fingerprint density at radius 2 is 1.82 bits per heavy atom. The zero-order chi connectivity index (χ0) is 12.6. The first-order valence-electron chi connectivity index (χ1n) is 4.30. The molecule has 0 aliphatic carbocycles. The minimum absolute atomic E-state index is 0.00843. The molecule has 0 atom stereocenters. The van der Waals surface area contributed by atoms with Crippen molar-refractivity contribution in [2.24, 2.45) is 0 Å². The van der Waals surface area contributed by atoms with Gasteiger partial charge in [-0.1, -0.05) is 0 Å². The first-order chi connectivity index (χ1) is 7.97. The van der Waals surface area contributed by atoms with Gasteiger partial charge in [-0.3, -0.25) is 4.79 Å². The van der Waals surface area contributed by atoms with Crippen molar-refractivity contribution < 1.29 is 18.0 Å². The third-order valence-electron chi connectivity index (χ3n) is 1.91. The smallest absolute Gasteiger partial charge is 0.293 e. The number of nitrogens with zero attached hydrogens (tertiary/aromatic N) is 1. The Bertz CT molecular complexity index is 578. The normalized spacial score (nSPS) is 10.6. The number of benzene rings is 1. The second kappa shape index (κ2) is 4.43. The van der Waals surface area contributed by atoms with E-state index in [0.717, 1.165) is 12.1 Å². The van der Waals surface area contributed by atoms with E-state index in [9.17, 15) is 13.6 Å². The SMILES string of the molecule is O=C(Cl)c1nc(Cl)oc1-c1cc(F)cc(F)c1. The molecule has 0 aliphatic rings. The molecule has 0 N–H and O–H groups in total. The molecule has 17 heavy (non-hydrogen) atoms. The Morgan fingerprint density at radius 1 is 1.24 bits per heavy atom. The van der Waals surface area contributed by atoms with Crippen molar-refractivity contribution in [3.05, 3.63) is 40.9 Å². The number of rotatable bonds is 2. The highest BCUT2D eigenvalue weighted by molar-refractivity contribution is 6.68. The van der Waals surface area contributed by atoms with E-state index in [1.54, 1.807) is 0 Å². The highest BCUT2D eigenvalue weighted by Crippen LogP contribution is 2.29. The summed E-state index contributed by atoms with van der Waals surface area (Å²) in [6.45, 7) is 0. The zero-order valence-corrected chi connectivity index (χ0v) is 9.52. The monoisotopic (exact) mass is 277 g/mol. The van der Waals surface area contributed by atoms with Gasteiger partial charge in [-0.15, -0.1) is 0 Å². The summed E-state index contributed by atoms with van der Waals surface area (Å²) in [5.41, 5.74) is -0.299. The molecule has 0 aliphatic heterocycles. The van der Waals surface area contributed by atoms with Crippen LogP contribution in [0.15, 0.2) is 22.6 Å². The Labute approximate surface area is 104 Å². The van der Waals surface area contributed by atoms with Gasteiger partial charge in [0.1, 0.15) is 11.6 Å². The fourth-order valence-electron chi connectivity index (χ4n) is 1.31. The lowest BCUT2D eigenvalue weighted by Gasteiger charge is -1.98. The molecule has 1 aromatic heterocycles. The zero-order valence-electron chi connectivity index (χ0n) is 8.01. The first-order valence-corrected chi connectivity index (χ1v) is 5.05. The molecule has 88 valence electrons. The van der Waals surface area contributed by atoms with E-state index in [4.69, 9.17) is 27.6 Å². The predicted molar refractivity (Wildman–Crippen MR) is 57.0 cm³/mol. The molecule has 0 spiro atoms. The predicted octanol–water partition coefficient (Wildman–Crippen LogP) is 3.65. The number of halogens is 4. The fraction of sp³-hybridized carbons (Fsp3) is 0. The van der Waals surface area contributed by atoms with Crippen molar-refractivity contribution in [1.29, 1.82) is 0 Å². The quantitative estimate of drug-likeness (QED) is 0.787. The molecule has 0 radical (unpaired) electrons. The van der Waals surface area contributed by atoms with Crippen LogP contribution in [0.3, 0.4) is 0 Å². The largest absolute Gasteiger partial charge is 0.427 e. The molecule has 0 bridgehead atoms. The molecule has 3 nitrogen and oxygen atoms in total. The number of hydrogen-bond donors (Lipinski definition) is 0. The molecule has 0 unspecified atom stereocenters. The van der Waals surface area contributed by atoms with Crippen molar-refractivity contribution in [3.8, 4) is 11.3 Å². The van der Waals surface area contributed by atoms with Crippen LogP contribution >= 0.6 is 23.2 Å². The summed E-state index contributed by atoms with van der Waals surface area (Å²) in [4.78, 5) is 14.5. The first kappa shape index (κ1) is 12.0. The molecule has 2 aromatic rings. The van der Waals surface area contributed by atoms with E-state index >= 15 is 0 Å². The maximum absolute atomic E-state index is 13.0. The van der Waals surface area contributed by atoms with E-state index < -0.39 is 16.9 Å². The van der Waals surface area contributed by atoms with Gasteiger partial charge in [-0.2, -0.15) is 4.98 Å². The van der Waals surface area contributed by atoms with Gasteiger partial charge < -0.3 is 4.42 Å². The summed E-state index contributed by atoms with van der Waals surface area (Å²) in [5.74, 6) is -1.81. The van der Waals surface area contributed by atoms with Crippen molar-refractivity contribution in [3.63, 3.8) is 0 Å². The van der Waals surface area contributed by atoms with Crippen molar-refractivity contribution in [2.45, 2.75) is 0 Å². The molecule has 1 heterocycles. The topological polar surface area (TPSA) is 43.1 Å². The Kier molecular flexibility index (Phi) is 3.13. The van der Waals surface area contributed by atoms with Crippen LogP contribution in [0.4, 0.5) is 8.78 Å². The standard InChI is InChI=1S/C10H3Cl2F2NO2/c11-9(16)7-8(17-10(12)15-7)4-1-5(13)3-6(14)2-4/h1-3H. The number of aromatic nitrogens is 1. The second-order valence-electron chi connectivity index (χ2n) is 3.08. The van der Waals surface area contributed by atoms with E-state index in [1.165, 1.54) is 0 Å². The van der Waals surface area contributed by atoms with Gasteiger partial charge in [0.2, 0.25) is 0 Å². The lowest BCUT2D eigenvalue weighted by atomic mass is 10.1. The molecule has 0 amide bonds. The van der Waals surface area contributed by atoms with Crippen molar-refractivity contribution in [2.75, 3.05) is 0 Å². The van der Waals surface area contributed by atoms with Gasteiger partial charge in [0.05, 0.1) is 0 Å². The average Bonchev–Trinajstić information content (AvgIpc) is 2.59. The number of oxazole rings is 1. The second-order valence-corrected chi connectivity index (χ2v) is 3.74. The molecule has 1 aromatic carbocycles. The van der Waals surface area contributed by atoms with Gasteiger partial charge >= 0.3 is 0 Å². The summed E-state index contributed by atoms with van der Waals surface area (Å²) < 4.78 is 30.9. The summed E-state index contributed by atoms with van der Waals surface area (Å²) in [7, 11) is 0. The van der Waals surface area contributed by atoms with Crippen molar-refractivity contribution in [1.82, 2.24) is 4.98 Å². The van der Waals surface area contributed by atoms with E-state index in [1.807, 2.05) is 0 Å². The third kappa shape index (κ3) is 2.45. The van der Waals surface area contributed by atoms with Crippen LogP contribution in [0.5, 0.6) is 0 Å². The van der Waals surface area contributed by atoms with Crippen molar-refractivity contribution >= 4 is 28.4 Å². The molecular formula is C10H3Cl2F2NO2. The molecule has 0 saturated heterocycles. The summed E-state index contributed by atoms with van der Waals surface area (Å²) in [6.07, 6.45) is 0. The van der Waals surface area contributed by atoms with Crippen LogP contribution in [0.1, 0.15) is 10.5 Å². The average molecular weight is 278 g/mol. The summed E-state index contributed by atoms with van der Waals surface area (Å²) in [5, 5.41) is -1.27. The fourth-order valence-corrected chi connectivity index (χ4v) is 1.60. The van der Waals surface area contributed by atoms with Crippen LogP contribution in [0.25, 0.3) is 11.3 Å². The van der Waals surface area contributed by atoms with E-state index in [0.29, 0.717) is 6.07 Å².